The number of nitrogens with zero attached hydrogens (tertiary/aromatic N) is 4. The van der Waals surface area contributed by atoms with Crippen LogP contribution in [0.5, 0.6) is 0 Å². The molecule has 0 aromatic carbocycles. The number of rotatable bonds is 6. The number of halogens is 1. The molecule has 3 rings (SSSR count). The predicted molar refractivity (Wildman–Crippen MR) is 133 cm³/mol. The van der Waals surface area contributed by atoms with Crippen molar-refractivity contribution in [3.63, 3.8) is 0 Å². The van der Waals surface area contributed by atoms with Crippen molar-refractivity contribution in [2.45, 2.75) is 70.5 Å². The Hall–Kier alpha value is -1.09. The quantitative estimate of drug-likeness (QED) is 0.345. The lowest BCUT2D eigenvalue weighted by atomic mass is 9.92. The maximum Gasteiger partial charge on any atom is 0.191 e. The number of pyridine rings is 1. The van der Waals surface area contributed by atoms with Crippen LogP contribution in [0.25, 0.3) is 0 Å². The van der Waals surface area contributed by atoms with E-state index in [1.54, 1.807) is 0 Å². The highest BCUT2D eigenvalue weighted by Gasteiger charge is 2.27. The Morgan fingerprint density at radius 2 is 1.97 bits per heavy atom. The van der Waals surface area contributed by atoms with Gasteiger partial charge in [-0.1, -0.05) is 25.3 Å². The number of guanidine groups is 1. The van der Waals surface area contributed by atoms with Gasteiger partial charge in [0.05, 0.1) is 12.2 Å². The Kier molecular flexibility index (Phi) is 10.5. The Morgan fingerprint density at radius 1 is 1.17 bits per heavy atom. The van der Waals surface area contributed by atoms with E-state index in [-0.39, 0.29) is 24.0 Å². The minimum Gasteiger partial charge on any atom is -0.363 e. The van der Waals surface area contributed by atoms with Crippen LogP contribution in [0.2, 0.25) is 0 Å². The summed E-state index contributed by atoms with van der Waals surface area (Å²) in [5.41, 5.74) is 0.996. The Bertz CT molecular complexity index is 629. The minimum atomic E-state index is 0. The highest BCUT2D eigenvalue weighted by Crippen LogP contribution is 2.25. The van der Waals surface area contributed by atoms with Crippen molar-refractivity contribution in [2.75, 3.05) is 38.6 Å². The molecule has 0 amide bonds. The second kappa shape index (κ2) is 12.6. The van der Waals surface area contributed by atoms with Crippen LogP contribution in [-0.2, 0) is 6.54 Å². The summed E-state index contributed by atoms with van der Waals surface area (Å²) < 4.78 is 0. The van der Waals surface area contributed by atoms with Crippen molar-refractivity contribution in [1.82, 2.24) is 20.5 Å². The van der Waals surface area contributed by atoms with Gasteiger partial charge >= 0.3 is 0 Å². The summed E-state index contributed by atoms with van der Waals surface area (Å²) in [6.45, 7) is 5.99. The van der Waals surface area contributed by atoms with Crippen molar-refractivity contribution >= 4 is 35.8 Å². The first-order valence-corrected chi connectivity index (χ1v) is 11.1. The number of hydrogen-bond acceptors (Lipinski definition) is 4. The maximum atomic E-state index is 4.81. The molecule has 164 valence electrons. The van der Waals surface area contributed by atoms with Crippen LogP contribution in [0, 0.1) is 0 Å². The zero-order valence-electron chi connectivity index (χ0n) is 18.4. The maximum absolute atomic E-state index is 4.81. The van der Waals surface area contributed by atoms with E-state index in [2.05, 4.69) is 33.5 Å². The van der Waals surface area contributed by atoms with Crippen molar-refractivity contribution in [3.05, 3.63) is 23.9 Å². The summed E-state index contributed by atoms with van der Waals surface area (Å²) in [4.78, 5) is 14.2. The van der Waals surface area contributed by atoms with Crippen molar-refractivity contribution in [3.8, 4) is 0 Å². The van der Waals surface area contributed by atoms with Gasteiger partial charge in [-0.3, -0.25) is 4.90 Å². The molecule has 1 unspecified atom stereocenters. The van der Waals surface area contributed by atoms with Crippen molar-refractivity contribution in [1.29, 1.82) is 0 Å². The first-order chi connectivity index (χ1) is 13.7. The van der Waals surface area contributed by atoms with Gasteiger partial charge < -0.3 is 15.5 Å². The summed E-state index contributed by atoms with van der Waals surface area (Å²) >= 11 is 0. The standard InChI is InChI=1S/C22H38N6.HI/c1-4-23-22(24-16-18-10-8-14-21(25-18)27(2)3)26-19-11-9-15-28(17-19)20-12-6-5-7-13-20;/h8,10,14,19-20H,4-7,9,11-13,15-17H2,1-3H3,(H2,23,24,26);1H. The Balaban J connectivity index is 0.00000300. The fraction of sp³-hybridized carbons (Fsp3) is 0.727. The van der Waals surface area contributed by atoms with E-state index in [0.29, 0.717) is 12.6 Å². The van der Waals surface area contributed by atoms with Gasteiger partial charge in [0, 0.05) is 39.3 Å². The number of piperidine rings is 1. The molecule has 2 heterocycles. The largest absolute Gasteiger partial charge is 0.363 e. The first-order valence-electron chi connectivity index (χ1n) is 11.1. The molecular formula is C22H39IN6. The van der Waals surface area contributed by atoms with Crippen LogP contribution in [0.1, 0.15) is 57.6 Å². The molecule has 2 fully saturated rings. The molecule has 2 N–H and O–H groups in total. The predicted octanol–water partition coefficient (Wildman–Crippen LogP) is 3.62. The minimum absolute atomic E-state index is 0. The van der Waals surface area contributed by atoms with Crippen molar-refractivity contribution < 1.29 is 0 Å². The highest BCUT2D eigenvalue weighted by atomic mass is 127. The molecule has 2 aliphatic rings. The van der Waals surface area contributed by atoms with E-state index in [9.17, 15) is 0 Å². The monoisotopic (exact) mass is 514 g/mol. The van der Waals surface area contributed by atoms with Gasteiger partial charge in [0.15, 0.2) is 5.96 Å². The molecule has 1 aromatic rings. The molecule has 1 atom stereocenters. The molecule has 1 aliphatic heterocycles. The third-order valence-corrected chi connectivity index (χ3v) is 5.88. The van der Waals surface area contributed by atoms with Crippen LogP contribution in [0.15, 0.2) is 23.2 Å². The number of aliphatic imine (C=N–C) groups is 1. The lowest BCUT2D eigenvalue weighted by Gasteiger charge is -2.40. The fourth-order valence-electron chi connectivity index (χ4n) is 4.38. The smallest absolute Gasteiger partial charge is 0.191 e. The third kappa shape index (κ3) is 7.59. The van der Waals surface area contributed by atoms with E-state index in [1.807, 2.05) is 31.1 Å². The summed E-state index contributed by atoms with van der Waals surface area (Å²) in [6, 6.07) is 7.41. The molecular weight excluding hydrogens is 475 g/mol. The number of hydrogen-bond donors (Lipinski definition) is 2. The molecule has 0 bridgehead atoms. The van der Waals surface area contributed by atoms with Gasteiger partial charge in [0.1, 0.15) is 5.82 Å². The molecule has 1 saturated carbocycles. The van der Waals surface area contributed by atoms with Gasteiger partial charge in [-0.05, 0) is 51.3 Å². The first kappa shape index (κ1) is 24.2. The van der Waals surface area contributed by atoms with E-state index in [1.165, 1.54) is 51.5 Å². The number of nitrogens with one attached hydrogen (secondary N) is 2. The van der Waals surface area contributed by atoms with Gasteiger partial charge in [-0.2, -0.15) is 0 Å². The second-order valence-corrected chi connectivity index (χ2v) is 8.35. The van der Waals surface area contributed by atoms with Crippen LogP contribution >= 0.6 is 24.0 Å². The number of likely N-dealkylation sites (tertiary alicyclic amines) is 1. The fourth-order valence-corrected chi connectivity index (χ4v) is 4.38. The molecule has 7 heteroatoms. The van der Waals surface area contributed by atoms with Gasteiger partial charge in [0.25, 0.3) is 0 Å². The van der Waals surface area contributed by atoms with E-state index < -0.39 is 0 Å². The molecule has 1 aliphatic carbocycles. The average Bonchev–Trinajstić information content (AvgIpc) is 2.73. The zero-order chi connectivity index (χ0) is 19.8. The van der Waals surface area contributed by atoms with Crippen LogP contribution in [0.3, 0.4) is 0 Å². The number of anilines is 1. The molecule has 0 spiro atoms. The van der Waals surface area contributed by atoms with Gasteiger partial charge in [-0.15, -0.1) is 24.0 Å². The summed E-state index contributed by atoms with van der Waals surface area (Å²) in [5, 5.41) is 7.11. The van der Waals surface area contributed by atoms with Crippen LogP contribution in [0.4, 0.5) is 5.82 Å². The van der Waals surface area contributed by atoms with E-state index >= 15 is 0 Å². The number of aromatic nitrogens is 1. The van der Waals surface area contributed by atoms with Gasteiger partial charge in [-0.25, -0.2) is 9.98 Å². The van der Waals surface area contributed by atoms with E-state index in [4.69, 9.17) is 4.99 Å². The lowest BCUT2D eigenvalue weighted by Crippen LogP contribution is -2.53. The Morgan fingerprint density at radius 3 is 2.69 bits per heavy atom. The van der Waals surface area contributed by atoms with Gasteiger partial charge in [0.2, 0.25) is 0 Å². The third-order valence-electron chi connectivity index (χ3n) is 5.88. The zero-order valence-corrected chi connectivity index (χ0v) is 20.7. The van der Waals surface area contributed by atoms with E-state index in [0.717, 1.165) is 36.6 Å². The lowest BCUT2D eigenvalue weighted by molar-refractivity contribution is 0.115. The highest BCUT2D eigenvalue weighted by molar-refractivity contribution is 14.0. The van der Waals surface area contributed by atoms with Crippen LogP contribution in [-0.4, -0.2) is 61.7 Å². The van der Waals surface area contributed by atoms with Crippen LogP contribution < -0.4 is 15.5 Å². The molecule has 1 saturated heterocycles. The molecule has 1 aromatic heterocycles. The summed E-state index contributed by atoms with van der Waals surface area (Å²) in [5.74, 6) is 1.89. The molecule has 29 heavy (non-hydrogen) atoms. The van der Waals surface area contributed by atoms with Crippen molar-refractivity contribution in [2.24, 2.45) is 4.99 Å². The summed E-state index contributed by atoms with van der Waals surface area (Å²) in [6.07, 6.45) is 9.50. The Labute approximate surface area is 194 Å². The normalized spacial score (nSPS) is 21.3. The summed E-state index contributed by atoms with van der Waals surface area (Å²) in [7, 11) is 4.03. The average molecular weight is 515 g/mol. The molecule has 0 radical (unpaired) electrons. The second-order valence-electron chi connectivity index (χ2n) is 8.35. The SMILES string of the molecule is CCNC(=NCc1cccc(N(C)C)n1)NC1CCCN(C2CCCCC2)C1.I. The topological polar surface area (TPSA) is 55.8 Å². The molecule has 6 nitrogen and oxygen atoms in total.